The van der Waals surface area contributed by atoms with E-state index in [2.05, 4.69) is 5.10 Å². The number of hydrogen-bond acceptors (Lipinski definition) is 3. The molecule has 1 N–H and O–H groups in total. The molecule has 0 fully saturated rings. The normalized spacial score (nSPS) is 10.2. The van der Waals surface area contributed by atoms with Crippen LogP contribution in [0.1, 0.15) is 17.4 Å². The van der Waals surface area contributed by atoms with Crippen molar-refractivity contribution < 1.29 is 14.7 Å². The molecule has 6 nitrogen and oxygen atoms in total. The predicted octanol–water partition coefficient (Wildman–Crippen LogP) is 1.63. The number of aromatic nitrogens is 2. The third-order valence-corrected chi connectivity index (χ3v) is 2.84. The van der Waals surface area contributed by atoms with E-state index in [1.807, 2.05) is 37.3 Å². The molecule has 1 aromatic carbocycles. The number of carboxylic acids is 1. The van der Waals surface area contributed by atoms with Crippen LogP contribution in [-0.2, 0) is 11.3 Å². The van der Waals surface area contributed by atoms with Crippen LogP contribution in [-0.4, -0.2) is 33.3 Å². The van der Waals surface area contributed by atoms with Gasteiger partial charge in [0.05, 0.1) is 0 Å². The Morgan fingerprint density at radius 1 is 1.25 bits per heavy atom. The van der Waals surface area contributed by atoms with Crippen LogP contribution in [0.5, 0.6) is 0 Å². The van der Waals surface area contributed by atoms with Crippen LogP contribution in [0.3, 0.4) is 0 Å². The minimum absolute atomic E-state index is 0.00993. The summed E-state index contributed by atoms with van der Waals surface area (Å²) in [5.41, 5.74) is 0.742. The molecule has 1 amide bonds. The van der Waals surface area contributed by atoms with Crippen molar-refractivity contribution in [2.24, 2.45) is 0 Å². The SMILES string of the molecule is CCN(C(=O)Cn1ccc(C(=O)O)n1)c1ccccc1. The smallest absolute Gasteiger partial charge is 0.356 e. The number of likely N-dealkylation sites (N-methyl/N-ethyl adjacent to an activating group) is 1. The molecule has 0 atom stereocenters. The summed E-state index contributed by atoms with van der Waals surface area (Å²) in [5.74, 6) is -1.25. The Balaban J connectivity index is 2.11. The highest BCUT2D eigenvalue weighted by Crippen LogP contribution is 2.13. The van der Waals surface area contributed by atoms with Gasteiger partial charge in [-0.05, 0) is 25.1 Å². The summed E-state index contributed by atoms with van der Waals surface area (Å²) >= 11 is 0. The average Bonchev–Trinajstić information content (AvgIpc) is 2.89. The van der Waals surface area contributed by atoms with Crippen molar-refractivity contribution in [3.63, 3.8) is 0 Å². The van der Waals surface area contributed by atoms with Gasteiger partial charge in [-0.15, -0.1) is 0 Å². The lowest BCUT2D eigenvalue weighted by molar-refractivity contribution is -0.119. The fraction of sp³-hybridized carbons (Fsp3) is 0.214. The largest absolute Gasteiger partial charge is 0.476 e. The average molecular weight is 273 g/mol. The molecule has 0 saturated carbocycles. The van der Waals surface area contributed by atoms with Gasteiger partial charge in [-0.2, -0.15) is 5.10 Å². The number of benzene rings is 1. The summed E-state index contributed by atoms with van der Waals surface area (Å²) in [5, 5.41) is 12.6. The summed E-state index contributed by atoms with van der Waals surface area (Å²) in [7, 11) is 0. The van der Waals surface area contributed by atoms with Gasteiger partial charge in [0.25, 0.3) is 0 Å². The number of carbonyl (C=O) groups is 2. The molecule has 2 rings (SSSR count). The van der Waals surface area contributed by atoms with Crippen LogP contribution >= 0.6 is 0 Å². The predicted molar refractivity (Wildman–Crippen MR) is 73.7 cm³/mol. The molecule has 0 unspecified atom stereocenters. The second-order valence-corrected chi connectivity index (χ2v) is 4.18. The molecule has 0 aliphatic carbocycles. The quantitative estimate of drug-likeness (QED) is 0.898. The maximum Gasteiger partial charge on any atom is 0.356 e. The Bertz CT molecular complexity index is 607. The van der Waals surface area contributed by atoms with Crippen molar-refractivity contribution in [1.82, 2.24) is 9.78 Å². The number of anilines is 1. The van der Waals surface area contributed by atoms with Gasteiger partial charge in [0.15, 0.2) is 5.69 Å². The van der Waals surface area contributed by atoms with Crippen LogP contribution < -0.4 is 4.90 Å². The number of nitrogens with zero attached hydrogens (tertiary/aromatic N) is 3. The highest BCUT2D eigenvalue weighted by atomic mass is 16.4. The van der Waals surface area contributed by atoms with E-state index in [9.17, 15) is 9.59 Å². The molecule has 0 radical (unpaired) electrons. The Kier molecular flexibility index (Phi) is 4.14. The van der Waals surface area contributed by atoms with Crippen molar-refractivity contribution >= 4 is 17.6 Å². The minimum atomic E-state index is -1.10. The number of carboxylic acid groups (broad SMARTS) is 1. The molecule has 0 aliphatic heterocycles. The Hall–Kier alpha value is -2.63. The summed E-state index contributed by atoms with van der Waals surface area (Å²) < 4.78 is 1.33. The number of amides is 1. The Labute approximate surface area is 116 Å². The summed E-state index contributed by atoms with van der Waals surface area (Å²) in [6, 6.07) is 10.7. The van der Waals surface area contributed by atoms with Gasteiger partial charge >= 0.3 is 5.97 Å². The van der Waals surface area contributed by atoms with Gasteiger partial charge in [0.1, 0.15) is 6.54 Å². The van der Waals surface area contributed by atoms with Gasteiger partial charge in [0.2, 0.25) is 5.91 Å². The van der Waals surface area contributed by atoms with E-state index in [1.54, 1.807) is 4.90 Å². The maximum atomic E-state index is 12.2. The van der Waals surface area contributed by atoms with E-state index in [-0.39, 0.29) is 18.1 Å². The third kappa shape index (κ3) is 3.03. The van der Waals surface area contributed by atoms with Crippen LogP contribution in [0.15, 0.2) is 42.6 Å². The standard InChI is InChI=1S/C14H15N3O3/c1-2-17(11-6-4-3-5-7-11)13(18)10-16-9-8-12(15-16)14(19)20/h3-9H,2,10H2,1H3,(H,19,20). The van der Waals surface area contributed by atoms with E-state index < -0.39 is 5.97 Å². The minimum Gasteiger partial charge on any atom is -0.476 e. The molecule has 2 aromatic rings. The molecule has 0 spiro atoms. The van der Waals surface area contributed by atoms with E-state index in [0.29, 0.717) is 6.54 Å². The van der Waals surface area contributed by atoms with Crippen LogP contribution in [0, 0.1) is 0 Å². The third-order valence-electron chi connectivity index (χ3n) is 2.84. The van der Waals surface area contributed by atoms with E-state index in [1.165, 1.54) is 16.9 Å². The zero-order valence-corrected chi connectivity index (χ0v) is 11.1. The highest BCUT2D eigenvalue weighted by molar-refractivity contribution is 5.93. The molecule has 20 heavy (non-hydrogen) atoms. The summed E-state index contributed by atoms with van der Waals surface area (Å²) in [6.45, 7) is 2.43. The number of rotatable bonds is 5. The highest BCUT2D eigenvalue weighted by Gasteiger charge is 2.15. The molecular weight excluding hydrogens is 258 g/mol. The number of carbonyl (C=O) groups excluding carboxylic acids is 1. The van der Waals surface area contributed by atoms with Crippen LogP contribution in [0.2, 0.25) is 0 Å². The lowest BCUT2D eigenvalue weighted by Gasteiger charge is -2.20. The number of hydrogen-bond donors (Lipinski definition) is 1. The molecule has 1 heterocycles. The first-order chi connectivity index (χ1) is 9.61. The first-order valence-electron chi connectivity index (χ1n) is 6.24. The van der Waals surface area contributed by atoms with Gasteiger partial charge in [0, 0.05) is 18.4 Å². The molecule has 104 valence electrons. The summed E-state index contributed by atoms with van der Waals surface area (Å²) in [6.07, 6.45) is 1.49. The molecule has 1 aromatic heterocycles. The zero-order valence-electron chi connectivity index (χ0n) is 11.1. The van der Waals surface area contributed by atoms with Gasteiger partial charge < -0.3 is 10.0 Å². The van der Waals surface area contributed by atoms with Gasteiger partial charge in [-0.1, -0.05) is 18.2 Å². The molecule has 0 aliphatic rings. The van der Waals surface area contributed by atoms with Crippen molar-refractivity contribution in [1.29, 1.82) is 0 Å². The van der Waals surface area contributed by atoms with Crippen molar-refractivity contribution in [2.45, 2.75) is 13.5 Å². The van der Waals surface area contributed by atoms with Crippen molar-refractivity contribution in [3.05, 3.63) is 48.3 Å². The first-order valence-corrected chi connectivity index (χ1v) is 6.24. The van der Waals surface area contributed by atoms with Crippen LogP contribution in [0.25, 0.3) is 0 Å². The fourth-order valence-electron chi connectivity index (χ4n) is 1.90. The van der Waals surface area contributed by atoms with Gasteiger partial charge in [-0.3, -0.25) is 9.48 Å². The Morgan fingerprint density at radius 2 is 1.95 bits per heavy atom. The van der Waals surface area contributed by atoms with Crippen molar-refractivity contribution in [3.8, 4) is 0 Å². The van der Waals surface area contributed by atoms with E-state index in [0.717, 1.165) is 5.69 Å². The molecular formula is C14H15N3O3. The Morgan fingerprint density at radius 3 is 2.50 bits per heavy atom. The topological polar surface area (TPSA) is 75.4 Å². The molecule has 6 heteroatoms. The van der Waals surface area contributed by atoms with Crippen LogP contribution in [0.4, 0.5) is 5.69 Å². The molecule has 0 saturated heterocycles. The lowest BCUT2D eigenvalue weighted by Crippen LogP contribution is -2.33. The second-order valence-electron chi connectivity index (χ2n) is 4.18. The fourth-order valence-corrected chi connectivity index (χ4v) is 1.90. The number of para-hydroxylation sites is 1. The summed E-state index contributed by atoms with van der Waals surface area (Å²) in [4.78, 5) is 24.6. The number of aromatic carboxylic acids is 1. The van der Waals surface area contributed by atoms with Gasteiger partial charge in [-0.25, -0.2) is 4.79 Å². The van der Waals surface area contributed by atoms with Crippen molar-refractivity contribution in [2.75, 3.05) is 11.4 Å². The monoisotopic (exact) mass is 273 g/mol. The first kappa shape index (κ1) is 13.8. The van der Waals surface area contributed by atoms with E-state index >= 15 is 0 Å². The maximum absolute atomic E-state index is 12.2. The van der Waals surface area contributed by atoms with E-state index in [4.69, 9.17) is 5.11 Å². The lowest BCUT2D eigenvalue weighted by atomic mass is 10.3. The second kappa shape index (κ2) is 6.01. The molecule has 0 bridgehead atoms. The zero-order chi connectivity index (χ0) is 14.5.